The summed E-state index contributed by atoms with van der Waals surface area (Å²) in [6, 6.07) is 9.54. The van der Waals surface area contributed by atoms with E-state index >= 15 is 0 Å². The van der Waals surface area contributed by atoms with Gasteiger partial charge in [-0.1, -0.05) is 18.1 Å². The van der Waals surface area contributed by atoms with Gasteiger partial charge in [0.25, 0.3) is 11.8 Å². The molecule has 9 nitrogen and oxygen atoms in total. The molecule has 1 atom stereocenters. The first-order valence-electron chi connectivity index (χ1n) is 12.2. The second-order valence-corrected chi connectivity index (χ2v) is 9.00. The smallest absolute Gasteiger partial charge is 0.298 e. The van der Waals surface area contributed by atoms with Gasteiger partial charge in [0.15, 0.2) is 5.58 Å². The summed E-state index contributed by atoms with van der Waals surface area (Å²) in [5, 5.41) is 7.36. The lowest BCUT2D eigenvalue weighted by molar-refractivity contribution is -0.133. The van der Waals surface area contributed by atoms with Crippen LogP contribution in [0.2, 0.25) is 0 Å². The van der Waals surface area contributed by atoms with Crippen LogP contribution in [0.5, 0.6) is 5.75 Å². The summed E-state index contributed by atoms with van der Waals surface area (Å²) in [5.74, 6) is 5.49. The van der Waals surface area contributed by atoms with Crippen LogP contribution in [0, 0.1) is 11.8 Å². The molecule has 4 aromatic rings. The minimum absolute atomic E-state index is 0.0434. The van der Waals surface area contributed by atoms with E-state index in [-0.39, 0.29) is 17.9 Å². The zero-order valence-corrected chi connectivity index (χ0v) is 20.3. The summed E-state index contributed by atoms with van der Waals surface area (Å²) in [4.78, 5) is 34.6. The SMILES string of the molecule is CC#CC(=O)N1CC[C@@H]1COc1cnccc1-c1[nH]c2c(c1Nc1cccc3ccoc13)C(=O)NCC2. The maximum atomic E-state index is 13.0. The van der Waals surface area contributed by atoms with Crippen LogP contribution < -0.4 is 15.4 Å². The van der Waals surface area contributed by atoms with E-state index < -0.39 is 0 Å². The summed E-state index contributed by atoms with van der Waals surface area (Å²) in [6.45, 7) is 3.21. The Morgan fingerprint density at radius 2 is 2.24 bits per heavy atom. The lowest BCUT2D eigenvalue weighted by Gasteiger charge is -2.39. The maximum absolute atomic E-state index is 13.0. The number of likely N-dealkylation sites (tertiary alicyclic amines) is 1. The molecule has 186 valence electrons. The molecular formula is C28H25N5O4. The predicted octanol–water partition coefficient (Wildman–Crippen LogP) is 3.86. The Balaban J connectivity index is 1.36. The molecule has 37 heavy (non-hydrogen) atoms. The van der Waals surface area contributed by atoms with Gasteiger partial charge in [0.1, 0.15) is 12.4 Å². The Bertz CT molecular complexity index is 1570. The van der Waals surface area contributed by atoms with Crippen LogP contribution >= 0.6 is 0 Å². The molecule has 9 heteroatoms. The monoisotopic (exact) mass is 495 g/mol. The highest BCUT2D eigenvalue weighted by Gasteiger charge is 2.33. The van der Waals surface area contributed by atoms with Crippen molar-refractivity contribution in [2.24, 2.45) is 0 Å². The van der Waals surface area contributed by atoms with Gasteiger partial charge in [-0.15, -0.1) is 0 Å². The number of hydrogen-bond donors (Lipinski definition) is 3. The van der Waals surface area contributed by atoms with Crippen LogP contribution in [-0.4, -0.2) is 52.4 Å². The molecular weight excluding hydrogens is 470 g/mol. The number of amides is 2. The number of para-hydroxylation sites is 1. The van der Waals surface area contributed by atoms with Gasteiger partial charge in [-0.05, 0) is 37.5 Å². The third kappa shape index (κ3) is 4.06. The predicted molar refractivity (Wildman–Crippen MR) is 139 cm³/mol. The van der Waals surface area contributed by atoms with Crippen molar-refractivity contribution in [3.05, 3.63) is 60.2 Å². The van der Waals surface area contributed by atoms with E-state index in [1.807, 2.05) is 30.3 Å². The molecule has 0 radical (unpaired) electrons. The van der Waals surface area contributed by atoms with Gasteiger partial charge < -0.3 is 29.7 Å². The molecule has 2 aliphatic rings. The molecule has 2 aliphatic heterocycles. The topological polar surface area (TPSA) is 112 Å². The number of nitrogens with one attached hydrogen (secondary N) is 3. The van der Waals surface area contributed by atoms with E-state index in [0.29, 0.717) is 48.7 Å². The van der Waals surface area contributed by atoms with Crippen molar-refractivity contribution < 1.29 is 18.7 Å². The number of aromatic nitrogens is 2. The normalized spacial score (nSPS) is 16.3. The molecule has 0 unspecified atom stereocenters. The van der Waals surface area contributed by atoms with Crippen LogP contribution in [0.4, 0.5) is 11.4 Å². The molecule has 1 saturated heterocycles. The Hall–Kier alpha value is -4.71. The fourth-order valence-corrected chi connectivity index (χ4v) is 4.88. The van der Waals surface area contributed by atoms with E-state index in [9.17, 15) is 9.59 Å². The zero-order chi connectivity index (χ0) is 25.4. The molecule has 3 N–H and O–H groups in total. The number of rotatable bonds is 6. The van der Waals surface area contributed by atoms with Crippen LogP contribution in [0.25, 0.3) is 22.2 Å². The van der Waals surface area contributed by atoms with Crippen molar-refractivity contribution in [2.75, 3.05) is 25.0 Å². The van der Waals surface area contributed by atoms with Crippen LogP contribution in [0.3, 0.4) is 0 Å². The van der Waals surface area contributed by atoms with Gasteiger partial charge >= 0.3 is 0 Å². The van der Waals surface area contributed by atoms with Crippen molar-refractivity contribution >= 4 is 34.2 Å². The second kappa shape index (κ2) is 9.39. The largest absolute Gasteiger partial charge is 0.489 e. The average molecular weight is 496 g/mol. The molecule has 0 aliphatic carbocycles. The van der Waals surface area contributed by atoms with Crippen molar-refractivity contribution in [1.29, 1.82) is 0 Å². The Labute approximate surface area is 213 Å². The highest BCUT2D eigenvalue weighted by atomic mass is 16.5. The highest BCUT2D eigenvalue weighted by Crippen LogP contribution is 2.41. The molecule has 0 saturated carbocycles. The third-order valence-electron chi connectivity index (χ3n) is 6.83. The van der Waals surface area contributed by atoms with Gasteiger partial charge in [0.05, 0.1) is 41.1 Å². The van der Waals surface area contributed by atoms with Crippen LogP contribution in [0.15, 0.2) is 53.4 Å². The Morgan fingerprint density at radius 3 is 3.08 bits per heavy atom. The zero-order valence-electron chi connectivity index (χ0n) is 20.3. The lowest BCUT2D eigenvalue weighted by atomic mass is 10.0. The molecule has 1 fully saturated rings. The standard InChI is InChI=1S/C28H25N5O4/c1-2-4-23(34)33-13-9-18(33)16-37-22-15-29-11-7-19(22)25-26(24-20(31-25)8-12-30-28(24)35)32-21-6-3-5-17-10-14-36-27(17)21/h3,5-7,10-11,14-15,18,31-32H,8-9,12-13,16H2,1H3,(H,30,35)/t18-/m1/s1. The number of nitrogens with zero attached hydrogens (tertiary/aromatic N) is 2. The molecule has 0 spiro atoms. The number of furan rings is 1. The van der Waals surface area contributed by atoms with E-state index in [1.165, 1.54) is 0 Å². The summed E-state index contributed by atoms with van der Waals surface area (Å²) in [6.07, 6.45) is 6.52. The number of fused-ring (bicyclic) bond motifs is 2. The number of carbonyl (C=O) groups excluding carboxylic acids is 2. The molecule has 6 rings (SSSR count). The van der Waals surface area contributed by atoms with Gasteiger partial charge in [-0.25, -0.2) is 0 Å². The minimum atomic E-state index is -0.185. The van der Waals surface area contributed by atoms with Crippen molar-refractivity contribution in [2.45, 2.75) is 25.8 Å². The van der Waals surface area contributed by atoms with Gasteiger partial charge in [0.2, 0.25) is 0 Å². The molecule has 1 aromatic carbocycles. The third-order valence-corrected chi connectivity index (χ3v) is 6.83. The van der Waals surface area contributed by atoms with Crippen molar-refractivity contribution in [1.82, 2.24) is 20.2 Å². The number of aromatic amines is 1. The Kier molecular flexibility index (Phi) is 5.77. The fourth-order valence-electron chi connectivity index (χ4n) is 4.88. The number of H-pyrrole nitrogens is 1. The summed E-state index contributed by atoms with van der Waals surface area (Å²) in [7, 11) is 0. The summed E-state index contributed by atoms with van der Waals surface area (Å²) < 4.78 is 11.9. The van der Waals surface area contributed by atoms with E-state index in [0.717, 1.165) is 34.4 Å². The quantitative estimate of drug-likeness (QED) is 0.350. The Morgan fingerprint density at radius 1 is 1.32 bits per heavy atom. The second-order valence-electron chi connectivity index (χ2n) is 9.00. The van der Waals surface area contributed by atoms with E-state index in [2.05, 4.69) is 32.4 Å². The van der Waals surface area contributed by atoms with Gasteiger partial charge in [0, 0.05) is 42.4 Å². The van der Waals surface area contributed by atoms with Gasteiger partial charge in [-0.3, -0.25) is 14.6 Å². The average Bonchev–Trinajstić information content (AvgIpc) is 3.50. The summed E-state index contributed by atoms with van der Waals surface area (Å²) >= 11 is 0. The fraction of sp³-hybridized carbons (Fsp3) is 0.250. The van der Waals surface area contributed by atoms with Gasteiger partial charge in [-0.2, -0.15) is 0 Å². The molecule has 5 heterocycles. The first-order chi connectivity index (χ1) is 18.1. The van der Waals surface area contributed by atoms with E-state index in [1.54, 1.807) is 30.5 Å². The lowest BCUT2D eigenvalue weighted by Crippen LogP contribution is -2.53. The van der Waals surface area contributed by atoms with E-state index in [4.69, 9.17) is 9.15 Å². The molecule has 2 amide bonds. The van der Waals surface area contributed by atoms with Crippen molar-refractivity contribution in [3.8, 4) is 28.8 Å². The number of hydrogen-bond acceptors (Lipinski definition) is 6. The number of carbonyl (C=O) groups is 2. The number of benzene rings is 1. The van der Waals surface area contributed by atoms with Crippen LogP contribution in [0.1, 0.15) is 29.4 Å². The maximum Gasteiger partial charge on any atom is 0.298 e. The first kappa shape index (κ1) is 22.7. The summed E-state index contributed by atoms with van der Waals surface area (Å²) in [5.41, 5.74) is 5.01. The number of ether oxygens (including phenoxy) is 1. The number of anilines is 2. The van der Waals surface area contributed by atoms with Crippen molar-refractivity contribution in [3.63, 3.8) is 0 Å². The highest BCUT2D eigenvalue weighted by molar-refractivity contribution is 6.07. The first-order valence-corrected chi connectivity index (χ1v) is 12.2. The minimum Gasteiger partial charge on any atom is -0.489 e. The van der Waals surface area contributed by atoms with Crippen LogP contribution in [-0.2, 0) is 11.2 Å². The molecule has 0 bridgehead atoms. The number of pyridine rings is 1. The molecule has 3 aromatic heterocycles.